The summed E-state index contributed by atoms with van der Waals surface area (Å²) in [5.74, 6) is -0.850. The molecule has 4 rings (SSSR count). The number of hydrogen-bond acceptors (Lipinski definition) is 6. The van der Waals surface area contributed by atoms with Crippen molar-refractivity contribution in [3.63, 3.8) is 0 Å². The van der Waals surface area contributed by atoms with Gasteiger partial charge in [-0.3, -0.25) is 14.9 Å². The lowest BCUT2D eigenvalue weighted by molar-refractivity contribution is -0.386. The number of benzene rings is 2. The fourth-order valence-electron chi connectivity index (χ4n) is 4.50. The van der Waals surface area contributed by atoms with E-state index in [1.54, 1.807) is 36.4 Å². The van der Waals surface area contributed by atoms with Crippen LogP contribution in [0.15, 0.2) is 36.4 Å². The maximum Gasteiger partial charge on any atom is 0.328 e. The lowest BCUT2D eigenvalue weighted by atomic mass is 9.96. The maximum atomic E-state index is 15.3. The first-order valence-electron chi connectivity index (χ1n) is 11.3. The molecule has 0 bridgehead atoms. The van der Waals surface area contributed by atoms with Gasteiger partial charge in [0.05, 0.1) is 4.92 Å². The van der Waals surface area contributed by atoms with E-state index in [4.69, 9.17) is 0 Å². The lowest BCUT2D eigenvalue weighted by Crippen LogP contribution is -2.44. The Balaban J connectivity index is 1.52. The Morgan fingerprint density at radius 3 is 2.18 bits per heavy atom. The summed E-state index contributed by atoms with van der Waals surface area (Å²) in [4.78, 5) is 29.9. The van der Waals surface area contributed by atoms with Crippen LogP contribution < -0.4 is 10.2 Å². The average Bonchev–Trinajstić information content (AvgIpc) is 2.80. The van der Waals surface area contributed by atoms with Crippen LogP contribution in [-0.4, -0.2) is 74.0 Å². The summed E-state index contributed by atoms with van der Waals surface area (Å²) in [6, 6.07) is 10.0. The minimum atomic E-state index is -0.834. The van der Waals surface area contributed by atoms with Crippen LogP contribution in [0.4, 0.5) is 21.5 Å². The van der Waals surface area contributed by atoms with Crippen LogP contribution in [0.1, 0.15) is 12.8 Å². The van der Waals surface area contributed by atoms with Crippen LogP contribution in [-0.2, 0) is 4.79 Å². The summed E-state index contributed by atoms with van der Waals surface area (Å²) in [7, 11) is 4.04. The number of nitrogens with zero attached hydrogens (tertiary/aromatic N) is 4. The summed E-state index contributed by atoms with van der Waals surface area (Å²) < 4.78 is 15.3. The summed E-state index contributed by atoms with van der Waals surface area (Å²) in [6.07, 6.45) is 1.66. The zero-order valence-corrected chi connectivity index (χ0v) is 19.1. The molecule has 0 atom stereocenters. The maximum absolute atomic E-state index is 15.3. The third kappa shape index (κ3) is 5.15. The van der Waals surface area contributed by atoms with Gasteiger partial charge in [0, 0.05) is 43.3 Å². The van der Waals surface area contributed by atoms with Gasteiger partial charge in [-0.2, -0.15) is 4.39 Å². The molecule has 9 heteroatoms. The molecule has 0 aromatic heterocycles. The molecule has 2 aliphatic rings. The van der Waals surface area contributed by atoms with Crippen LogP contribution in [0, 0.1) is 21.8 Å². The minimum absolute atomic E-state index is 0.00537. The van der Waals surface area contributed by atoms with Crippen molar-refractivity contribution in [2.45, 2.75) is 12.8 Å². The number of carbonyl (C=O) groups excluding carboxylic acids is 1. The molecular weight excluding hydrogens is 425 g/mol. The van der Waals surface area contributed by atoms with Crippen molar-refractivity contribution in [3.05, 3.63) is 52.3 Å². The molecule has 176 valence electrons. The van der Waals surface area contributed by atoms with Crippen LogP contribution in [0.3, 0.4) is 0 Å². The van der Waals surface area contributed by atoms with Gasteiger partial charge in [-0.05, 0) is 69.9 Å². The van der Waals surface area contributed by atoms with Gasteiger partial charge < -0.3 is 20.0 Å². The largest absolute Gasteiger partial charge is 0.363 e. The number of piperazine rings is 1. The van der Waals surface area contributed by atoms with Crippen LogP contribution in [0.5, 0.6) is 0 Å². The Kier molecular flexibility index (Phi) is 6.90. The molecule has 0 saturated carbocycles. The highest BCUT2D eigenvalue weighted by atomic mass is 19.1. The molecule has 2 saturated heterocycles. The quantitative estimate of drug-likeness (QED) is 0.550. The van der Waals surface area contributed by atoms with Gasteiger partial charge in [0.2, 0.25) is 11.7 Å². The summed E-state index contributed by atoms with van der Waals surface area (Å²) in [5.41, 5.74) is 1.16. The lowest BCUT2D eigenvalue weighted by Gasteiger charge is -2.33. The molecule has 0 aliphatic carbocycles. The number of rotatable bonds is 5. The van der Waals surface area contributed by atoms with Crippen molar-refractivity contribution in [3.8, 4) is 11.1 Å². The van der Waals surface area contributed by atoms with Gasteiger partial charge in [0.25, 0.3) is 0 Å². The number of nitro benzene ring substituents is 1. The number of nitrogens with one attached hydrogen (secondary N) is 1. The number of amides is 1. The Labute approximate surface area is 193 Å². The van der Waals surface area contributed by atoms with Gasteiger partial charge in [0.15, 0.2) is 0 Å². The molecule has 8 nitrogen and oxygen atoms in total. The van der Waals surface area contributed by atoms with Crippen molar-refractivity contribution < 1.29 is 14.1 Å². The number of likely N-dealkylation sites (tertiary alicyclic amines) is 1. The van der Waals surface area contributed by atoms with E-state index >= 15 is 4.39 Å². The standard InChI is InChI=1S/C24H30FN5O3/c1-27-11-9-18(10-12-27)24(31)26-19-5-3-17(4-6-19)20-7-8-21(23(22(20)25)30(32)33)29-15-13-28(2)14-16-29/h3-8,18H,9-16H2,1-2H3,(H,26,31). The minimum Gasteiger partial charge on any atom is -0.363 e. The predicted molar refractivity (Wildman–Crippen MR) is 127 cm³/mol. The van der Waals surface area contributed by atoms with E-state index in [0.717, 1.165) is 39.0 Å². The molecule has 2 fully saturated rings. The fraction of sp³-hybridized carbons (Fsp3) is 0.458. The Hall–Kier alpha value is -3.04. The second kappa shape index (κ2) is 9.84. The molecule has 1 amide bonds. The van der Waals surface area contributed by atoms with Crippen molar-refractivity contribution in [1.82, 2.24) is 9.80 Å². The van der Waals surface area contributed by atoms with Crippen LogP contribution in [0.25, 0.3) is 11.1 Å². The number of hydrogen-bond donors (Lipinski definition) is 1. The van der Waals surface area contributed by atoms with Gasteiger partial charge in [-0.15, -0.1) is 0 Å². The van der Waals surface area contributed by atoms with E-state index in [1.165, 1.54) is 0 Å². The molecule has 0 unspecified atom stereocenters. The van der Waals surface area contributed by atoms with Gasteiger partial charge in [-0.1, -0.05) is 12.1 Å². The second-order valence-corrected chi connectivity index (χ2v) is 8.99. The van der Waals surface area contributed by atoms with Crippen molar-refractivity contribution >= 4 is 23.0 Å². The Bertz CT molecular complexity index is 1010. The van der Waals surface area contributed by atoms with E-state index < -0.39 is 16.4 Å². The first-order valence-corrected chi connectivity index (χ1v) is 11.3. The van der Waals surface area contributed by atoms with Gasteiger partial charge >= 0.3 is 5.69 Å². The van der Waals surface area contributed by atoms with E-state index in [2.05, 4.69) is 15.1 Å². The van der Waals surface area contributed by atoms with Crippen molar-refractivity contribution in [1.29, 1.82) is 0 Å². The first kappa shape index (κ1) is 23.1. The summed E-state index contributed by atoms with van der Waals surface area (Å²) in [6.45, 7) is 4.57. The van der Waals surface area contributed by atoms with E-state index in [1.807, 2.05) is 19.0 Å². The van der Waals surface area contributed by atoms with Crippen LogP contribution >= 0.6 is 0 Å². The molecule has 2 aromatic rings. The number of carbonyl (C=O) groups is 1. The number of anilines is 2. The molecular formula is C24H30FN5O3. The highest BCUT2D eigenvalue weighted by Crippen LogP contribution is 2.37. The second-order valence-electron chi connectivity index (χ2n) is 8.99. The molecule has 2 aromatic carbocycles. The zero-order valence-electron chi connectivity index (χ0n) is 19.1. The molecule has 33 heavy (non-hydrogen) atoms. The van der Waals surface area contributed by atoms with Crippen molar-refractivity contribution in [2.24, 2.45) is 5.92 Å². The third-order valence-corrected chi connectivity index (χ3v) is 6.67. The molecule has 0 radical (unpaired) electrons. The zero-order chi connectivity index (χ0) is 23.5. The fourth-order valence-corrected chi connectivity index (χ4v) is 4.50. The molecule has 2 aliphatic heterocycles. The number of halogens is 1. The number of piperidine rings is 1. The monoisotopic (exact) mass is 455 g/mol. The molecule has 0 spiro atoms. The predicted octanol–water partition coefficient (Wildman–Crippen LogP) is 3.43. The SMILES string of the molecule is CN1CCC(C(=O)Nc2ccc(-c3ccc(N4CCN(C)CC4)c([N+](=O)[O-])c3F)cc2)CC1. The van der Waals surface area contributed by atoms with Gasteiger partial charge in [0.1, 0.15) is 5.69 Å². The highest BCUT2D eigenvalue weighted by Gasteiger charge is 2.29. The molecule has 2 heterocycles. The summed E-state index contributed by atoms with van der Waals surface area (Å²) in [5, 5.41) is 14.7. The smallest absolute Gasteiger partial charge is 0.328 e. The van der Waals surface area contributed by atoms with E-state index in [9.17, 15) is 14.9 Å². The van der Waals surface area contributed by atoms with E-state index in [-0.39, 0.29) is 17.4 Å². The van der Waals surface area contributed by atoms with Gasteiger partial charge in [-0.25, -0.2) is 0 Å². The number of nitro groups is 1. The highest BCUT2D eigenvalue weighted by molar-refractivity contribution is 5.93. The first-order chi connectivity index (χ1) is 15.8. The van der Waals surface area contributed by atoms with Crippen LogP contribution in [0.2, 0.25) is 0 Å². The topological polar surface area (TPSA) is 82.0 Å². The Morgan fingerprint density at radius 1 is 0.970 bits per heavy atom. The number of likely N-dealkylation sites (N-methyl/N-ethyl adjacent to an activating group) is 1. The Morgan fingerprint density at radius 2 is 1.58 bits per heavy atom. The van der Waals surface area contributed by atoms with Crippen molar-refractivity contribution in [2.75, 3.05) is 63.6 Å². The average molecular weight is 456 g/mol. The third-order valence-electron chi connectivity index (χ3n) is 6.67. The summed E-state index contributed by atoms with van der Waals surface area (Å²) >= 11 is 0. The molecule has 1 N–H and O–H groups in total. The normalized spacial score (nSPS) is 18.3. The van der Waals surface area contributed by atoms with E-state index in [0.29, 0.717) is 30.0 Å².